The molecule has 1 aromatic carbocycles. The lowest BCUT2D eigenvalue weighted by atomic mass is 9.96. The third-order valence-electron chi connectivity index (χ3n) is 2.75. The van der Waals surface area contributed by atoms with Crippen LogP contribution in [0.2, 0.25) is 0 Å². The number of methoxy groups -OCH3 is 1. The lowest BCUT2D eigenvalue weighted by Crippen LogP contribution is -2.14. The zero-order valence-corrected chi connectivity index (χ0v) is 11.7. The van der Waals surface area contributed by atoms with Gasteiger partial charge in [-0.05, 0) is 17.7 Å². The fraction of sp³-hybridized carbons (Fsp3) is 0.417. The van der Waals surface area contributed by atoms with Gasteiger partial charge in [0.05, 0.1) is 12.7 Å². The van der Waals surface area contributed by atoms with E-state index in [1.807, 2.05) is 19.1 Å². The lowest BCUT2D eigenvalue weighted by molar-refractivity contribution is 0.0939. The Morgan fingerprint density at radius 3 is 2.94 bits per heavy atom. The average molecular weight is 301 g/mol. The van der Waals surface area contributed by atoms with E-state index in [0.29, 0.717) is 5.75 Å². The maximum atomic E-state index is 12.3. The van der Waals surface area contributed by atoms with Gasteiger partial charge in [0, 0.05) is 21.9 Å². The number of ketones is 1. The lowest BCUT2D eigenvalue weighted by Gasteiger charge is -2.13. The molecular formula is C12H13BrO2S. The van der Waals surface area contributed by atoms with Crippen LogP contribution in [-0.4, -0.2) is 18.6 Å². The smallest absolute Gasteiger partial charge is 0.170 e. The van der Waals surface area contributed by atoms with E-state index in [1.54, 1.807) is 18.9 Å². The first kappa shape index (κ1) is 12.0. The summed E-state index contributed by atoms with van der Waals surface area (Å²) in [5, 5.41) is 0. The highest BCUT2D eigenvalue weighted by Gasteiger charge is 2.27. The molecule has 0 aromatic heterocycles. The molecule has 0 saturated heterocycles. The van der Waals surface area contributed by atoms with Gasteiger partial charge in [0.1, 0.15) is 5.75 Å². The van der Waals surface area contributed by atoms with E-state index in [9.17, 15) is 4.79 Å². The monoisotopic (exact) mass is 300 g/mol. The summed E-state index contributed by atoms with van der Waals surface area (Å²) in [7, 11) is 1.61. The van der Waals surface area contributed by atoms with Gasteiger partial charge >= 0.3 is 0 Å². The second-order valence-corrected chi connectivity index (χ2v) is 5.77. The van der Waals surface area contributed by atoms with Gasteiger partial charge in [-0.25, -0.2) is 0 Å². The van der Waals surface area contributed by atoms with Gasteiger partial charge in [-0.15, -0.1) is 0 Å². The van der Waals surface area contributed by atoms with Gasteiger partial charge in [-0.2, -0.15) is 11.8 Å². The Morgan fingerprint density at radius 1 is 1.50 bits per heavy atom. The van der Waals surface area contributed by atoms with Crippen LogP contribution < -0.4 is 4.74 Å². The third kappa shape index (κ3) is 2.00. The molecule has 0 fully saturated rings. The van der Waals surface area contributed by atoms with Crippen molar-refractivity contribution in [3.8, 4) is 5.75 Å². The molecule has 0 N–H and O–H groups in total. The standard InChI is InChI=1S/C12H13BrO2S/c1-7-5-16-6-8-9(13)3-4-10(15-2)11(8)12(7)14/h3-4,7H,5-6H2,1-2H3. The van der Waals surface area contributed by atoms with Crippen molar-refractivity contribution in [2.75, 3.05) is 12.9 Å². The summed E-state index contributed by atoms with van der Waals surface area (Å²) in [5.74, 6) is 2.69. The second-order valence-electron chi connectivity index (χ2n) is 3.88. The van der Waals surface area contributed by atoms with Crippen LogP contribution in [0.25, 0.3) is 0 Å². The van der Waals surface area contributed by atoms with E-state index in [4.69, 9.17) is 4.74 Å². The van der Waals surface area contributed by atoms with E-state index in [-0.39, 0.29) is 11.7 Å². The molecule has 1 aliphatic rings. The number of benzene rings is 1. The predicted molar refractivity (Wildman–Crippen MR) is 70.4 cm³/mol. The molecule has 2 nitrogen and oxygen atoms in total. The van der Waals surface area contributed by atoms with Crippen molar-refractivity contribution >= 4 is 33.5 Å². The highest BCUT2D eigenvalue weighted by Crippen LogP contribution is 2.36. The zero-order valence-electron chi connectivity index (χ0n) is 9.25. The number of carbonyl (C=O) groups is 1. The van der Waals surface area contributed by atoms with Crippen LogP contribution in [-0.2, 0) is 5.75 Å². The molecular weight excluding hydrogens is 288 g/mol. The minimum absolute atomic E-state index is 0.0643. The van der Waals surface area contributed by atoms with Crippen LogP contribution in [0, 0.1) is 5.92 Å². The van der Waals surface area contributed by atoms with Crippen LogP contribution in [0.5, 0.6) is 5.75 Å². The van der Waals surface area contributed by atoms with Crippen LogP contribution in [0.15, 0.2) is 16.6 Å². The number of Topliss-reactive ketones (excluding diaryl/α,β-unsaturated/α-hetero) is 1. The van der Waals surface area contributed by atoms with E-state index in [0.717, 1.165) is 27.1 Å². The first-order valence-electron chi connectivity index (χ1n) is 5.12. The van der Waals surface area contributed by atoms with E-state index in [1.165, 1.54) is 0 Å². The molecule has 1 atom stereocenters. The minimum Gasteiger partial charge on any atom is -0.496 e. The van der Waals surface area contributed by atoms with Crippen LogP contribution in [0.3, 0.4) is 0 Å². The second kappa shape index (κ2) is 4.80. The van der Waals surface area contributed by atoms with Crippen molar-refractivity contribution in [3.05, 3.63) is 27.7 Å². The Morgan fingerprint density at radius 2 is 2.25 bits per heavy atom. The number of thioether (sulfide) groups is 1. The number of rotatable bonds is 1. The van der Waals surface area contributed by atoms with Gasteiger partial charge in [0.15, 0.2) is 5.78 Å². The van der Waals surface area contributed by atoms with Gasteiger partial charge in [-0.1, -0.05) is 22.9 Å². The largest absolute Gasteiger partial charge is 0.496 e. The van der Waals surface area contributed by atoms with Crippen molar-refractivity contribution in [2.45, 2.75) is 12.7 Å². The van der Waals surface area contributed by atoms with Crippen LogP contribution >= 0.6 is 27.7 Å². The minimum atomic E-state index is 0.0643. The molecule has 0 spiro atoms. The van der Waals surface area contributed by atoms with Crippen LogP contribution in [0.4, 0.5) is 0 Å². The quantitative estimate of drug-likeness (QED) is 0.794. The SMILES string of the molecule is COc1ccc(Br)c2c1C(=O)C(C)CSC2. The number of carbonyl (C=O) groups excluding carboxylic acids is 1. The molecule has 1 unspecified atom stereocenters. The number of halogens is 1. The number of hydrogen-bond acceptors (Lipinski definition) is 3. The normalized spacial score (nSPS) is 20.2. The summed E-state index contributed by atoms with van der Waals surface area (Å²) >= 11 is 5.30. The van der Waals surface area contributed by atoms with Crippen LogP contribution in [0.1, 0.15) is 22.8 Å². The summed E-state index contributed by atoms with van der Waals surface area (Å²) in [4.78, 5) is 12.3. The molecule has 1 aliphatic heterocycles. The van der Waals surface area contributed by atoms with Crippen molar-refractivity contribution in [2.24, 2.45) is 5.92 Å². The van der Waals surface area contributed by atoms with Gasteiger partial charge in [-0.3, -0.25) is 4.79 Å². The molecule has 2 rings (SSSR count). The molecule has 0 aliphatic carbocycles. The fourth-order valence-corrected chi connectivity index (χ4v) is 3.63. The third-order valence-corrected chi connectivity index (χ3v) is 4.72. The maximum Gasteiger partial charge on any atom is 0.170 e. The summed E-state index contributed by atoms with van der Waals surface area (Å²) in [5.41, 5.74) is 1.83. The Hall–Kier alpha value is -0.480. The maximum absolute atomic E-state index is 12.3. The summed E-state index contributed by atoms with van der Waals surface area (Å²) in [6, 6.07) is 3.80. The molecule has 16 heavy (non-hydrogen) atoms. The van der Waals surface area contributed by atoms with Crippen molar-refractivity contribution in [3.63, 3.8) is 0 Å². The molecule has 1 aromatic rings. The van der Waals surface area contributed by atoms with Crippen molar-refractivity contribution in [1.29, 1.82) is 0 Å². The Bertz CT molecular complexity index is 431. The van der Waals surface area contributed by atoms with E-state index < -0.39 is 0 Å². The number of hydrogen-bond donors (Lipinski definition) is 0. The number of fused-ring (bicyclic) bond motifs is 1. The van der Waals surface area contributed by atoms with Crippen molar-refractivity contribution in [1.82, 2.24) is 0 Å². The van der Waals surface area contributed by atoms with E-state index >= 15 is 0 Å². The Kier molecular flexibility index (Phi) is 3.60. The number of ether oxygens (including phenoxy) is 1. The Balaban J connectivity index is 2.62. The molecule has 1 heterocycles. The molecule has 86 valence electrons. The summed E-state index contributed by atoms with van der Waals surface area (Å²) < 4.78 is 6.29. The summed E-state index contributed by atoms with van der Waals surface area (Å²) in [6.07, 6.45) is 0. The predicted octanol–water partition coefficient (Wildman–Crippen LogP) is 3.52. The molecule has 0 bridgehead atoms. The highest BCUT2D eigenvalue weighted by molar-refractivity contribution is 9.10. The highest BCUT2D eigenvalue weighted by atomic mass is 79.9. The van der Waals surface area contributed by atoms with Crippen molar-refractivity contribution < 1.29 is 9.53 Å². The van der Waals surface area contributed by atoms with Gasteiger partial charge in [0.2, 0.25) is 0 Å². The van der Waals surface area contributed by atoms with Gasteiger partial charge < -0.3 is 4.74 Å². The molecule has 0 amide bonds. The Labute approximate surface area is 108 Å². The molecule has 0 radical (unpaired) electrons. The average Bonchev–Trinajstić information content (AvgIpc) is 2.42. The first-order chi connectivity index (χ1) is 7.65. The fourth-order valence-electron chi connectivity index (χ4n) is 1.84. The molecule has 4 heteroatoms. The topological polar surface area (TPSA) is 26.3 Å². The van der Waals surface area contributed by atoms with Gasteiger partial charge in [0.25, 0.3) is 0 Å². The zero-order chi connectivity index (χ0) is 11.7. The summed E-state index contributed by atoms with van der Waals surface area (Å²) in [6.45, 7) is 1.98. The molecule has 0 saturated carbocycles. The van der Waals surface area contributed by atoms with E-state index in [2.05, 4.69) is 15.9 Å². The first-order valence-corrected chi connectivity index (χ1v) is 7.07.